The van der Waals surface area contributed by atoms with Crippen molar-refractivity contribution >= 4 is 17.9 Å². The molecule has 4 nitrogen and oxygen atoms in total. The Morgan fingerprint density at radius 1 is 1.09 bits per heavy atom. The van der Waals surface area contributed by atoms with Gasteiger partial charge >= 0.3 is 5.97 Å². The first-order valence-corrected chi connectivity index (χ1v) is 7.49. The predicted molar refractivity (Wildman–Crippen MR) is 91.0 cm³/mol. The number of ether oxygens (including phenoxy) is 1. The minimum atomic E-state index is -0.417. The van der Waals surface area contributed by atoms with Crippen molar-refractivity contribution in [2.45, 2.75) is 13.5 Å². The van der Waals surface area contributed by atoms with Gasteiger partial charge in [-0.2, -0.15) is 0 Å². The van der Waals surface area contributed by atoms with E-state index in [1.807, 2.05) is 62.5 Å². The van der Waals surface area contributed by atoms with E-state index in [2.05, 4.69) is 10.3 Å². The highest BCUT2D eigenvalue weighted by atomic mass is 16.6. The van der Waals surface area contributed by atoms with Crippen LogP contribution in [0.2, 0.25) is 0 Å². The SMILES string of the molecule is CNCc1ccc(/C=C2\N=C(c3ccc(C)cc3)OC2=O)cc1. The second-order valence-corrected chi connectivity index (χ2v) is 5.47. The van der Waals surface area contributed by atoms with Crippen LogP contribution in [0.25, 0.3) is 6.08 Å². The summed E-state index contributed by atoms with van der Waals surface area (Å²) in [6, 6.07) is 15.7. The molecule has 0 amide bonds. The van der Waals surface area contributed by atoms with Gasteiger partial charge in [-0.15, -0.1) is 0 Å². The van der Waals surface area contributed by atoms with Crippen LogP contribution in [-0.4, -0.2) is 18.9 Å². The molecule has 0 bridgehead atoms. The number of hydrogen-bond acceptors (Lipinski definition) is 4. The lowest BCUT2D eigenvalue weighted by Gasteiger charge is -2.00. The van der Waals surface area contributed by atoms with Crippen molar-refractivity contribution in [3.8, 4) is 0 Å². The molecule has 2 aromatic carbocycles. The van der Waals surface area contributed by atoms with Crippen LogP contribution in [0.5, 0.6) is 0 Å². The summed E-state index contributed by atoms with van der Waals surface area (Å²) in [5.74, 6) is -0.0621. The summed E-state index contributed by atoms with van der Waals surface area (Å²) in [5, 5.41) is 3.10. The van der Waals surface area contributed by atoms with Crippen LogP contribution in [0.15, 0.2) is 59.2 Å². The standard InChI is InChI=1S/C19H18N2O2/c1-13-3-9-16(10-4-13)18-21-17(19(22)23-18)11-14-5-7-15(8-6-14)12-20-2/h3-11,20H,12H2,1-2H3/b17-11-. The molecule has 4 heteroatoms. The maximum absolute atomic E-state index is 12.0. The first-order chi connectivity index (χ1) is 11.2. The number of aryl methyl sites for hydroxylation is 1. The summed E-state index contributed by atoms with van der Waals surface area (Å²) in [6.45, 7) is 2.82. The fourth-order valence-electron chi connectivity index (χ4n) is 2.32. The molecule has 1 aliphatic heterocycles. The van der Waals surface area contributed by atoms with Gasteiger partial charge in [0.2, 0.25) is 5.90 Å². The number of carbonyl (C=O) groups excluding carboxylic acids is 1. The van der Waals surface area contributed by atoms with Crippen LogP contribution < -0.4 is 5.32 Å². The lowest BCUT2D eigenvalue weighted by Crippen LogP contribution is -2.05. The van der Waals surface area contributed by atoms with Gasteiger partial charge in [0, 0.05) is 12.1 Å². The normalized spacial score (nSPS) is 15.7. The first kappa shape index (κ1) is 15.2. The molecule has 116 valence electrons. The van der Waals surface area contributed by atoms with E-state index in [1.165, 1.54) is 5.56 Å². The Morgan fingerprint density at radius 3 is 2.43 bits per heavy atom. The molecule has 0 aliphatic carbocycles. The Balaban J connectivity index is 1.84. The fraction of sp³-hybridized carbons (Fsp3) is 0.158. The predicted octanol–water partition coefficient (Wildman–Crippen LogP) is 3.06. The zero-order chi connectivity index (χ0) is 16.2. The highest BCUT2D eigenvalue weighted by Crippen LogP contribution is 2.19. The molecule has 1 N–H and O–H groups in total. The molecule has 0 unspecified atom stereocenters. The van der Waals surface area contributed by atoms with Crippen LogP contribution in [0, 0.1) is 6.92 Å². The third kappa shape index (κ3) is 3.55. The lowest BCUT2D eigenvalue weighted by molar-refractivity contribution is -0.129. The molecule has 0 saturated heterocycles. The summed E-state index contributed by atoms with van der Waals surface area (Å²) in [4.78, 5) is 16.3. The zero-order valence-corrected chi connectivity index (χ0v) is 13.2. The number of aliphatic imine (C=N–C) groups is 1. The number of benzene rings is 2. The second-order valence-electron chi connectivity index (χ2n) is 5.47. The van der Waals surface area contributed by atoms with Gasteiger partial charge in [-0.3, -0.25) is 0 Å². The molecule has 0 spiro atoms. The van der Waals surface area contributed by atoms with Gasteiger partial charge in [0.1, 0.15) is 0 Å². The van der Waals surface area contributed by atoms with E-state index >= 15 is 0 Å². The van der Waals surface area contributed by atoms with Crippen molar-refractivity contribution in [2.24, 2.45) is 4.99 Å². The van der Waals surface area contributed by atoms with Crippen LogP contribution >= 0.6 is 0 Å². The molecule has 0 aromatic heterocycles. The molecular formula is C19H18N2O2. The maximum Gasteiger partial charge on any atom is 0.363 e. The van der Waals surface area contributed by atoms with E-state index in [9.17, 15) is 4.79 Å². The zero-order valence-electron chi connectivity index (χ0n) is 13.2. The summed E-state index contributed by atoms with van der Waals surface area (Å²) in [6.07, 6.45) is 1.74. The fourth-order valence-corrected chi connectivity index (χ4v) is 2.32. The second kappa shape index (κ2) is 6.58. The molecular weight excluding hydrogens is 288 g/mol. The summed E-state index contributed by atoms with van der Waals surface area (Å²) in [5.41, 5.74) is 4.38. The Labute approximate surface area is 135 Å². The number of rotatable bonds is 4. The summed E-state index contributed by atoms with van der Waals surface area (Å²) in [7, 11) is 1.91. The van der Waals surface area contributed by atoms with Gasteiger partial charge in [0.15, 0.2) is 5.70 Å². The van der Waals surface area contributed by atoms with Crippen molar-refractivity contribution < 1.29 is 9.53 Å². The van der Waals surface area contributed by atoms with Gasteiger partial charge in [0.05, 0.1) is 0 Å². The summed E-state index contributed by atoms with van der Waals surface area (Å²) >= 11 is 0. The minimum Gasteiger partial charge on any atom is -0.402 e. The van der Waals surface area contributed by atoms with E-state index in [4.69, 9.17) is 4.74 Å². The van der Waals surface area contributed by atoms with Crippen molar-refractivity contribution in [1.29, 1.82) is 0 Å². The van der Waals surface area contributed by atoms with Crippen molar-refractivity contribution in [2.75, 3.05) is 7.05 Å². The van der Waals surface area contributed by atoms with E-state index in [0.717, 1.165) is 23.2 Å². The van der Waals surface area contributed by atoms with Gasteiger partial charge in [-0.25, -0.2) is 9.79 Å². The first-order valence-electron chi connectivity index (χ1n) is 7.49. The smallest absolute Gasteiger partial charge is 0.363 e. The average molecular weight is 306 g/mol. The van der Waals surface area contributed by atoms with E-state index in [1.54, 1.807) is 6.08 Å². The van der Waals surface area contributed by atoms with Gasteiger partial charge in [-0.1, -0.05) is 42.0 Å². The highest BCUT2D eigenvalue weighted by molar-refractivity contribution is 6.12. The van der Waals surface area contributed by atoms with E-state index in [-0.39, 0.29) is 0 Å². The number of nitrogens with zero attached hydrogens (tertiary/aromatic N) is 1. The van der Waals surface area contributed by atoms with Crippen LogP contribution in [0.3, 0.4) is 0 Å². The third-order valence-electron chi connectivity index (χ3n) is 3.58. The van der Waals surface area contributed by atoms with Crippen molar-refractivity contribution in [3.63, 3.8) is 0 Å². The van der Waals surface area contributed by atoms with Crippen LogP contribution in [-0.2, 0) is 16.1 Å². The average Bonchev–Trinajstić information content (AvgIpc) is 2.91. The number of cyclic esters (lactones) is 1. The Bertz CT molecular complexity index is 772. The molecule has 0 radical (unpaired) electrons. The highest BCUT2D eigenvalue weighted by Gasteiger charge is 2.23. The van der Waals surface area contributed by atoms with Crippen LogP contribution in [0.1, 0.15) is 22.3 Å². The monoisotopic (exact) mass is 306 g/mol. The largest absolute Gasteiger partial charge is 0.402 e. The van der Waals surface area contributed by atoms with Gasteiger partial charge in [-0.05, 0) is 43.3 Å². The number of carbonyl (C=O) groups is 1. The van der Waals surface area contributed by atoms with Gasteiger partial charge in [0.25, 0.3) is 0 Å². The summed E-state index contributed by atoms with van der Waals surface area (Å²) < 4.78 is 5.27. The topological polar surface area (TPSA) is 50.7 Å². The Morgan fingerprint density at radius 2 is 1.78 bits per heavy atom. The van der Waals surface area contributed by atoms with Crippen LogP contribution in [0.4, 0.5) is 0 Å². The van der Waals surface area contributed by atoms with E-state index < -0.39 is 5.97 Å². The quantitative estimate of drug-likeness (QED) is 0.697. The molecule has 3 rings (SSSR count). The molecule has 0 saturated carbocycles. The number of hydrogen-bond donors (Lipinski definition) is 1. The molecule has 1 aliphatic rings. The van der Waals surface area contributed by atoms with E-state index in [0.29, 0.717) is 11.6 Å². The maximum atomic E-state index is 12.0. The molecule has 0 fully saturated rings. The van der Waals surface area contributed by atoms with Crippen molar-refractivity contribution in [3.05, 3.63) is 76.5 Å². The molecule has 2 aromatic rings. The third-order valence-corrected chi connectivity index (χ3v) is 3.58. The number of nitrogens with one attached hydrogen (secondary N) is 1. The molecule has 1 heterocycles. The van der Waals surface area contributed by atoms with Gasteiger partial charge < -0.3 is 10.1 Å². The number of esters is 1. The minimum absolute atomic E-state index is 0.321. The van der Waals surface area contributed by atoms with Crippen molar-refractivity contribution in [1.82, 2.24) is 5.32 Å². The molecule has 23 heavy (non-hydrogen) atoms. The Kier molecular flexibility index (Phi) is 4.35. The Hall–Kier alpha value is -2.72. The molecule has 0 atom stereocenters. The lowest BCUT2D eigenvalue weighted by atomic mass is 10.1.